The van der Waals surface area contributed by atoms with Crippen LogP contribution >= 0.6 is 0 Å². The number of nitrogens with one attached hydrogen (secondary N) is 1. The third-order valence-corrected chi connectivity index (χ3v) is 4.81. The first-order valence-electron chi connectivity index (χ1n) is 8.49. The largest absolute Gasteiger partial charge is 0.314 e. The SMILES string of the molecule is CCCC1CCC(CNC(C)C)C(c2ccccc2)C1. The van der Waals surface area contributed by atoms with Gasteiger partial charge in [-0.15, -0.1) is 0 Å². The molecule has 0 aromatic heterocycles. The van der Waals surface area contributed by atoms with E-state index >= 15 is 0 Å². The van der Waals surface area contributed by atoms with Gasteiger partial charge in [0.1, 0.15) is 0 Å². The summed E-state index contributed by atoms with van der Waals surface area (Å²) < 4.78 is 0. The molecule has 1 aliphatic rings. The monoisotopic (exact) mass is 273 g/mol. The second kappa shape index (κ2) is 7.83. The van der Waals surface area contributed by atoms with Crippen LogP contribution in [-0.4, -0.2) is 12.6 Å². The molecule has 20 heavy (non-hydrogen) atoms. The minimum atomic E-state index is 0.597. The number of hydrogen-bond donors (Lipinski definition) is 1. The smallest absolute Gasteiger partial charge is 0.00104 e. The number of benzene rings is 1. The zero-order valence-electron chi connectivity index (χ0n) is 13.4. The Kier molecular flexibility index (Phi) is 6.09. The molecule has 0 saturated heterocycles. The third-order valence-electron chi connectivity index (χ3n) is 4.81. The third kappa shape index (κ3) is 4.34. The van der Waals surface area contributed by atoms with Gasteiger partial charge in [0.25, 0.3) is 0 Å². The molecule has 0 amide bonds. The van der Waals surface area contributed by atoms with Crippen LogP contribution in [0.2, 0.25) is 0 Å². The van der Waals surface area contributed by atoms with Crippen molar-refractivity contribution in [3.63, 3.8) is 0 Å². The minimum absolute atomic E-state index is 0.597. The molecule has 3 unspecified atom stereocenters. The summed E-state index contributed by atoms with van der Waals surface area (Å²) in [6.45, 7) is 8.00. The molecule has 0 heterocycles. The van der Waals surface area contributed by atoms with Crippen molar-refractivity contribution in [2.45, 2.75) is 64.8 Å². The molecular weight excluding hydrogens is 242 g/mol. The van der Waals surface area contributed by atoms with Gasteiger partial charge < -0.3 is 5.32 Å². The van der Waals surface area contributed by atoms with Crippen LogP contribution in [0, 0.1) is 11.8 Å². The van der Waals surface area contributed by atoms with Gasteiger partial charge in [-0.25, -0.2) is 0 Å². The summed E-state index contributed by atoms with van der Waals surface area (Å²) in [4.78, 5) is 0. The second-order valence-corrected chi connectivity index (χ2v) is 6.81. The van der Waals surface area contributed by atoms with Gasteiger partial charge in [0.15, 0.2) is 0 Å². The van der Waals surface area contributed by atoms with Gasteiger partial charge in [-0.2, -0.15) is 0 Å². The van der Waals surface area contributed by atoms with Crippen molar-refractivity contribution < 1.29 is 0 Å². The lowest BCUT2D eigenvalue weighted by Crippen LogP contribution is -2.35. The Balaban J connectivity index is 2.06. The summed E-state index contributed by atoms with van der Waals surface area (Å²) in [6.07, 6.45) is 6.96. The van der Waals surface area contributed by atoms with Crippen molar-refractivity contribution in [2.24, 2.45) is 11.8 Å². The average Bonchev–Trinajstić information content (AvgIpc) is 2.47. The number of rotatable bonds is 6. The molecule has 0 bridgehead atoms. The van der Waals surface area contributed by atoms with Crippen LogP contribution in [0.25, 0.3) is 0 Å². The first kappa shape index (κ1) is 15.6. The van der Waals surface area contributed by atoms with Gasteiger partial charge in [-0.3, -0.25) is 0 Å². The van der Waals surface area contributed by atoms with E-state index < -0.39 is 0 Å². The fourth-order valence-corrected chi connectivity index (χ4v) is 3.73. The lowest BCUT2D eigenvalue weighted by atomic mass is 9.70. The molecule has 3 atom stereocenters. The maximum atomic E-state index is 3.66. The van der Waals surface area contributed by atoms with Crippen LogP contribution in [0.4, 0.5) is 0 Å². The molecule has 1 fully saturated rings. The van der Waals surface area contributed by atoms with Crippen LogP contribution in [0.5, 0.6) is 0 Å². The fraction of sp³-hybridized carbons (Fsp3) is 0.684. The fourth-order valence-electron chi connectivity index (χ4n) is 3.73. The van der Waals surface area contributed by atoms with Crippen molar-refractivity contribution in [1.29, 1.82) is 0 Å². The molecule has 0 radical (unpaired) electrons. The first-order valence-corrected chi connectivity index (χ1v) is 8.49. The van der Waals surface area contributed by atoms with E-state index in [1.807, 2.05) is 0 Å². The van der Waals surface area contributed by atoms with Crippen LogP contribution in [-0.2, 0) is 0 Å². The van der Waals surface area contributed by atoms with Gasteiger partial charge >= 0.3 is 0 Å². The zero-order valence-corrected chi connectivity index (χ0v) is 13.4. The van der Waals surface area contributed by atoms with Crippen LogP contribution in [0.1, 0.15) is 64.4 Å². The summed E-state index contributed by atoms with van der Waals surface area (Å²) in [6, 6.07) is 11.8. The summed E-state index contributed by atoms with van der Waals surface area (Å²) in [5.41, 5.74) is 1.56. The molecule has 2 rings (SSSR count). The molecular formula is C19H31N. The van der Waals surface area contributed by atoms with Crippen molar-refractivity contribution in [1.82, 2.24) is 5.32 Å². The summed E-state index contributed by atoms with van der Waals surface area (Å²) in [7, 11) is 0. The number of hydrogen-bond acceptors (Lipinski definition) is 1. The zero-order chi connectivity index (χ0) is 14.4. The highest BCUT2D eigenvalue weighted by Crippen LogP contribution is 2.41. The maximum Gasteiger partial charge on any atom is 0.00104 e. The standard InChI is InChI=1S/C19H31N/c1-4-8-16-11-12-18(14-20-15(2)3)19(13-16)17-9-6-5-7-10-17/h5-7,9-10,15-16,18-20H,4,8,11-14H2,1-3H3. The van der Waals surface area contributed by atoms with Gasteiger partial charge in [-0.05, 0) is 42.7 Å². The highest BCUT2D eigenvalue weighted by atomic mass is 14.9. The lowest BCUT2D eigenvalue weighted by molar-refractivity contribution is 0.217. The lowest BCUT2D eigenvalue weighted by Gasteiger charge is -2.37. The van der Waals surface area contributed by atoms with E-state index in [0.29, 0.717) is 6.04 Å². The average molecular weight is 273 g/mol. The Morgan fingerprint density at radius 1 is 1.15 bits per heavy atom. The van der Waals surface area contributed by atoms with E-state index in [9.17, 15) is 0 Å². The van der Waals surface area contributed by atoms with Crippen LogP contribution in [0.15, 0.2) is 30.3 Å². The molecule has 112 valence electrons. The van der Waals surface area contributed by atoms with Gasteiger partial charge in [0.2, 0.25) is 0 Å². The van der Waals surface area contributed by atoms with Crippen molar-refractivity contribution in [2.75, 3.05) is 6.54 Å². The highest BCUT2D eigenvalue weighted by Gasteiger charge is 2.30. The Morgan fingerprint density at radius 2 is 1.90 bits per heavy atom. The van der Waals surface area contributed by atoms with Crippen molar-refractivity contribution >= 4 is 0 Å². The van der Waals surface area contributed by atoms with Gasteiger partial charge in [0, 0.05) is 6.04 Å². The minimum Gasteiger partial charge on any atom is -0.314 e. The molecule has 0 spiro atoms. The predicted octanol–water partition coefficient (Wildman–Crippen LogP) is 4.98. The van der Waals surface area contributed by atoms with E-state index in [4.69, 9.17) is 0 Å². The normalized spacial score (nSPS) is 26.9. The Morgan fingerprint density at radius 3 is 2.55 bits per heavy atom. The van der Waals surface area contributed by atoms with Gasteiger partial charge in [-0.1, -0.05) is 70.4 Å². The first-order chi connectivity index (χ1) is 9.70. The molecule has 1 aliphatic carbocycles. The predicted molar refractivity (Wildman–Crippen MR) is 88.1 cm³/mol. The Labute approximate surface area is 125 Å². The quantitative estimate of drug-likeness (QED) is 0.770. The van der Waals surface area contributed by atoms with E-state index in [1.54, 1.807) is 5.56 Å². The topological polar surface area (TPSA) is 12.0 Å². The van der Waals surface area contributed by atoms with E-state index in [1.165, 1.54) is 38.6 Å². The molecule has 1 nitrogen and oxygen atoms in total. The van der Waals surface area contributed by atoms with Crippen molar-refractivity contribution in [3.05, 3.63) is 35.9 Å². The van der Waals surface area contributed by atoms with Gasteiger partial charge in [0.05, 0.1) is 0 Å². The van der Waals surface area contributed by atoms with Crippen LogP contribution < -0.4 is 5.32 Å². The summed E-state index contributed by atoms with van der Waals surface area (Å²) in [5.74, 6) is 2.51. The Bertz CT molecular complexity index is 371. The van der Waals surface area contributed by atoms with Crippen LogP contribution in [0.3, 0.4) is 0 Å². The van der Waals surface area contributed by atoms with Crippen molar-refractivity contribution in [3.8, 4) is 0 Å². The van der Waals surface area contributed by atoms with E-state index in [2.05, 4.69) is 56.4 Å². The Hall–Kier alpha value is -0.820. The molecule has 1 heteroatoms. The maximum absolute atomic E-state index is 3.66. The summed E-state index contributed by atoms with van der Waals surface area (Å²) in [5, 5.41) is 3.66. The summed E-state index contributed by atoms with van der Waals surface area (Å²) >= 11 is 0. The molecule has 1 saturated carbocycles. The van der Waals surface area contributed by atoms with E-state index in [0.717, 1.165) is 17.8 Å². The molecule has 1 N–H and O–H groups in total. The van der Waals surface area contributed by atoms with E-state index in [-0.39, 0.29) is 0 Å². The molecule has 1 aromatic rings. The molecule has 1 aromatic carbocycles. The molecule has 0 aliphatic heterocycles. The highest BCUT2D eigenvalue weighted by molar-refractivity contribution is 5.21. The second-order valence-electron chi connectivity index (χ2n) is 6.81.